The van der Waals surface area contributed by atoms with E-state index in [4.69, 9.17) is 9.26 Å². The Morgan fingerprint density at radius 1 is 1.21 bits per heavy atom. The fourth-order valence-electron chi connectivity index (χ4n) is 2.34. The summed E-state index contributed by atoms with van der Waals surface area (Å²) in [6.45, 7) is 6.98. The molecule has 1 atom stereocenters. The standard InChI is InChI=1S/C18H22N2O4/c1-11(2)17-16(13(4)20-24-17)18(22)23-10-15(21)19-12(3)14-8-6-5-7-9-14/h5-9,11-12H,10H2,1-4H3,(H,19,21). The van der Waals surface area contributed by atoms with Crippen LogP contribution in [0.5, 0.6) is 0 Å². The molecule has 1 aromatic heterocycles. The third-order valence-electron chi connectivity index (χ3n) is 3.63. The fourth-order valence-corrected chi connectivity index (χ4v) is 2.34. The molecule has 0 saturated carbocycles. The quantitative estimate of drug-likeness (QED) is 0.823. The van der Waals surface area contributed by atoms with Gasteiger partial charge in [0.2, 0.25) is 0 Å². The van der Waals surface area contributed by atoms with E-state index >= 15 is 0 Å². The van der Waals surface area contributed by atoms with Crippen LogP contribution < -0.4 is 5.32 Å². The van der Waals surface area contributed by atoms with Crippen molar-refractivity contribution < 1.29 is 18.8 Å². The van der Waals surface area contributed by atoms with Gasteiger partial charge in [-0.05, 0) is 19.4 Å². The van der Waals surface area contributed by atoms with Crippen LogP contribution in [0.15, 0.2) is 34.9 Å². The Morgan fingerprint density at radius 2 is 1.88 bits per heavy atom. The van der Waals surface area contributed by atoms with Crippen LogP contribution in [-0.4, -0.2) is 23.6 Å². The van der Waals surface area contributed by atoms with Crippen LogP contribution >= 0.6 is 0 Å². The van der Waals surface area contributed by atoms with Gasteiger partial charge in [0.15, 0.2) is 12.4 Å². The molecule has 0 spiro atoms. The van der Waals surface area contributed by atoms with Crippen LogP contribution in [0.2, 0.25) is 0 Å². The maximum atomic E-state index is 12.2. The summed E-state index contributed by atoms with van der Waals surface area (Å²) < 4.78 is 10.3. The summed E-state index contributed by atoms with van der Waals surface area (Å²) in [6, 6.07) is 9.40. The Balaban J connectivity index is 1.92. The van der Waals surface area contributed by atoms with Crippen molar-refractivity contribution in [1.29, 1.82) is 0 Å². The van der Waals surface area contributed by atoms with E-state index in [1.165, 1.54) is 0 Å². The van der Waals surface area contributed by atoms with Gasteiger partial charge in [0.05, 0.1) is 11.7 Å². The van der Waals surface area contributed by atoms with Gasteiger partial charge in [-0.2, -0.15) is 0 Å². The SMILES string of the molecule is Cc1noc(C(C)C)c1C(=O)OCC(=O)NC(C)c1ccccc1. The first-order valence-electron chi connectivity index (χ1n) is 7.87. The lowest BCUT2D eigenvalue weighted by molar-refractivity contribution is -0.124. The van der Waals surface area contributed by atoms with Gasteiger partial charge < -0.3 is 14.6 Å². The molecule has 1 unspecified atom stereocenters. The number of hydrogen-bond acceptors (Lipinski definition) is 5. The molecule has 0 radical (unpaired) electrons. The summed E-state index contributed by atoms with van der Waals surface area (Å²) in [6.07, 6.45) is 0. The molecule has 0 aliphatic carbocycles. The molecule has 0 fully saturated rings. The monoisotopic (exact) mass is 330 g/mol. The number of carbonyl (C=O) groups excluding carboxylic acids is 2. The predicted octanol–water partition coefficient (Wildman–Crippen LogP) is 3.14. The van der Waals surface area contributed by atoms with Crippen molar-refractivity contribution in [2.45, 2.75) is 39.7 Å². The lowest BCUT2D eigenvalue weighted by Crippen LogP contribution is -2.31. The first kappa shape index (κ1) is 17.7. The van der Waals surface area contributed by atoms with Crippen LogP contribution in [0.1, 0.15) is 60.1 Å². The lowest BCUT2D eigenvalue weighted by atomic mass is 10.1. The van der Waals surface area contributed by atoms with E-state index in [9.17, 15) is 9.59 Å². The van der Waals surface area contributed by atoms with E-state index in [-0.39, 0.29) is 24.5 Å². The lowest BCUT2D eigenvalue weighted by Gasteiger charge is -2.14. The molecule has 24 heavy (non-hydrogen) atoms. The summed E-state index contributed by atoms with van der Waals surface area (Å²) in [5.41, 5.74) is 1.74. The largest absolute Gasteiger partial charge is 0.452 e. The summed E-state index contributed by atoms with van der Waals surface area (Å²) in [7, 11) is 0. The smallest absolute Gasteiger partial charge is 0.344 e. The number of rotatable bonds is 6. The van der Waals surface area contributed by atoms with Crippen molar-refractivity contribution >= 4 is 11.9 Å². The highest BCUT2D eigenvalue weighted by Gasteiger charge is 2.24. The first-order valence-corrected chi connectivity index (χ1v) is 7.87. The molecule has 0 aliphatic rings. The van der Waals surface area contributed by atoms with Gasteiger partial charge in [0.1, 0.15) is 5.56 Å². The van der Waals surface area contributed by atoms with Crippen LogP contribution in [0.4, 0.5) is 0 Å². The van der Waals surface area contributed by atoms with Crippen molar-refractivity contribution in [3.8, 4) is 0 Å². The third kappa shape index (κ3) is 4.22. The zero-order valence-electron chi connectivity index (χ0n) is 14.3. The van der Waals surface area contributed by atoms with Gasteiger partial charge >= 0.3 is 5.97 Å². The summed E-state index contributed by atoms with van der Waals surface area (Å²) in [5.74, 6) is -0.490. The minimum Gasteiger partial charge on any atom is -0.452 e. The fraction of sp³-hybridized carbons (Fsp3) is 0.389. The highest BCUT2D eigenvalue weighted by Crippen LogP contribution is 2.22. The molecule has 2 aromatic rings. The zero-order valence-corrected chi connectivity index (χ0v) is 14.3. The molecule has 128 valence electrons. The number of carbonyl (C=O) groups is 2. The highest BCUT2D eigenvalue weighted by molar-refractivity contribution is 5.93. The zero-order chi connectivity index (χ0) is 17.7. The molecule has 1 heterocycles. The molecule has 0 bridgehead atoms. The number of benzene rings is 1. The second-order valence-corrected chi connectivity index (χ2v) is 5.94. The van der Waals surface area contributed by atoms with E-state index in [2.05, 4.69) is 10.5 Å². The number of esters is 1. The Bertz CT molecular complexity index is 707. The second kappa shape index (κ2) is 7.77. The van der Waals surface area contributed by atoms with E-state index in [0.717, 1.165) is 5.56 Å². The number of ether oxygens (including phenoxy) is 1. The molecule has 6 nitrogen and oxygen atoms in total. The molecule has 6 heteroatoms. The highest BCUT2D eigenvalue weighted by atomic mass is 16.5. The molecule has 1 N–H and O–H groups in total. The number of nitrogens with one attached hydrogen (secondary N) is 1. The number of aryl methyl sites for hydroxylation is 1. The molecular weight excluding hydrogens is 308 g/mol. The number of aromatic nitrogens is 1. The van der Waals surface area contributed by atoms with Crippen LogP contribution in [0.3, 0.4) is 0 Å². The summed E-state index contributed by atoms with van der Waals surface area (Å²) >= 11 is 0. The molecule has 0 saturated heterocycles. The van der Waals surface area contributed by atoms with E-state index < -0.39 is 5.97 Å². The Hall–Kier alpha value is -2.63. The average Bonchev–Trinajstić information content (AvgIpc) is 2.95. The van der Waals surface area contributed by atoms with E-state index in [1.807, 2.05) is 51.1 Å². The molecule has 2 rings (SSSR count). The van der Waals surface area contributed by atoms with E-state index in [0.29, 0.717) is 17.0 Å². The maximum absolute atomic E-state index is 12.2. The Kier molecular flexibility index (Phi) is 5.73. The molecule has 1 aromatic carbocycles. The average molecular weight is 330 g/mol. The number of amides is 1. The van der Waals surface area contributed by atoms with Crippen molar-refractivity contribution in [2.24, 2.45) is 0 Å². The predicted molar refractivity (Wildman–Crippen MR) is 88.6 cm³/mol. The Labute approximate surface area is 141 Å². The minimum absolute atomic E-state index is 0.000629. The third-order valence-corrected chi connectivity index (χ3v) is 3.63. The van der Waals surface area contributed by atoms with Crippen molar-refractivity contribution in [2.75, 3.05) is 6.61 Å². The van der Waals surface area contributed by atoms with Crippen LogP contribution in [0.25, 0.3) is 0 Å². The first-order chi connectivity index (χ1) is 11.4. The van der Waals surface area contributed by atoms with Crippen LogP contribution in [0, 0.1) is 6.92 Å². The normalized spacial score (nSPS) is 12.0. The summed E-state index contributed by atoms with van der Waals surface area (Å²) in [4.78, 5) is 24.2. The van der Waals surface area contributed by atoms with Gasteiger partial charge in [-0.15, -0.1) is 0 Å². The van der Waals surface area contributed by atoms with Gasteiger partial charge in [0.25, 0.3) is 5.91 Å². The van der Waals surface area contributed by atoms with Crippen molar-refractivity contribution in [1.82, 2.24) is 10.5 Å². The second-order valence-electron chi connectivity index (χ2n) is 5.94. The minimum atomic E-state index is -0.597. The van der Waals surface area contributed by atoms with Crippen molar-refractivity contribution in [3.05, 3.63) is 52.9 Å². The number of nitrogens with zero attached hydrogens (tertiary/aromatic N) is 1. The van der Waals surface area contributed by atoms with Gasteiger partial charge in [-0.1, -0.05) is 49.3 Å². The van der Waals surface area contributed by atoms with Gasteiger partial charge in [0, 0.05) is 5.92 Å². The topological polar surface area (TPSA) is 81.4 Å². The van der Waals surface area contributed by atoms with Gasteiger partial charge in [-0.3, -0.25) is 4.79 Å². The van der Waals surface area contributed by atoms with Crippen molar-refractivity contribution in [3.63, 3.8) is 0 Å². The Morgan fingerprint density at radius 3 is 2.50 bits per heavy atom. The maximum Gasteiger partial charge on any atom is 0.344 e. The summed E-state index contributed by atoms with van der Waals surface area (Å²) in [5, 5.41) is 6.59. The number of hydrogen-bond donors (Lipinski definition) is 1. The molecule has 1 amide bonds. The molecular formula is C18H22N2O4. The molecule has 0 aliphatic heterocycles. The van der Waals surface area contributed by atoms with Crippen LogP contribution in [-0.2, 0) is 9.53 Å². The van der Waals surface area contributed by atoms with Gasteiger partial charge in [-0.25, -0.2) is 4.79 Å². The van der Waals surface area contributed by atoms with E-state index in [1.54, 1.807) is 6.92 Å².